The van der Waals surface area contributed by atoms with Crippen molar-refractivity contribution in [3.8, 4) is 11.5 Å². The molecule has 0 radical (unpaired) electrons. The fourth-order valence-corrected chi connectivity index (χ4v) is 1.44. The summed E-state index contributed by atoms with van der Waals surface area (Å²) in [5.74, 6) is 0.836. The number of hydrogen-bond acceptors (Lipinski definition) is 5. The summed E-state index contributed by atoms with van der Waals surface area (Å²) in [6.07, 6.45) is 0. The van der Waals surface area contributed by atoms with Crippen LogP contribution < -0.4 is 9.47 Å². The first-order valence-corrected chi connectivity index (χ1v) is 5.46. The van der Waals surface area contributed by atoms with Crippen molar-refractivity contribution in [1.82, 2.24) is 0 Å². The Morgan fingerprint density at radius 2 is 2.12 bits per heavy atom. The molecule has 0 saturated carbocycles. The summed E-state index contributed by atoms with van der Waals surface area (Å²) in [4.78, 5) is 11.6. The average Bonchev–Trinajstić information content (AvgIpc) is 2.81. The normalized spacial score (nSPS) is 12.5. The molecule has 0 fully saturated rings. The molecule has 0 amide bonds. The summed E-state index contributed by atoms with van der Waals surface area (Å²) in [6, 6.07) is 4.96. The van der Waals surface area contributed by atoms with Crippen LogP contribution in [-0.4, -0.2) is 32.6 Å². The van der Waals surface area contributed by atoms with Crippen LogP contribution in [0.25, 0.3) is 0 Å². The van der Waals surface area contributed by atoms with Crippen molar-refractivity contribution in [2.45, 2.75) is 6.92 Å². The third-order valence-corrected chi connectivity index (χ3v) is 2.27. The minimum absolute atomic E-state index is 0.193. The van der Waals surface area contributed by atoms with Gasteiger partial charge in [0.15, 0.2) is 11.5 Å². The van der Waals surface area contributed by atoms with Gasteiger partial charge in [-0.2, -0.15) is 0 Å². The molecular weight excluding hydrogens is 224 g/mol. The minimum Gasteiger partial charge on any atom is -0.460 e. The van der Waals surface area contributed by atoms with E-state index in [-0.39, 0.29) is 19.4 Å². The molecule has 1 aliphatic heterocycles. The zero-order chi connectivity index (χ0) is 12.1. The molecule has 1 aliphatic rings. The molecule has 0 bridgehead atoms. The Hall–Kier alpha value is -1.75. The second-order valence-corrected chi connectivity index (χ2v) is 3.40. The van der Waals surface area contributed by atoms with Gasteiger partial charge in [0.1, 0.15) is 6.61 Å². The highest BCUT2D eigenvalue weighted by atomic mass is 16.7. The van der Waals surface area contributed by atoms with Gasteiger partial charge in [-0.15, -0.1) is 0 Å². The van der Waals surface area contributed by atoms with E-state index in [9.17, 15) is 4.79 Å². The van der Waals surface area contributed by atoms with Gasteiger partial charge in [0.2, 0.25) is 6.79 Å². The van der Waals surface area contributed by atoms with E-state index in [1.165, 1.54) is 0 Å². The Bertz CT molecular complexity index is 402. The first-order chi connectivity index (χ1) is 8.31. The third-order valence-electron chi connectivity index (χ3n) is 2.27. The zero-order valence-corrected chi connectivity index (χ0v) is 9.60. The van der Waals surface area contributed by atoms with E-state index in [0.717, 1.165) is 0 Å². The molecule has 1 aromatic carbocycles. The van der Waals surface area contributed by atoms with Crippen molar-refractivity contribution in [2.75, 3.05) is 26.6 Å². The Balaban J connectivity index is 1.91. The lowest BCUT2D eigenvalue weighted by molar-refractivity contribution is 0.0335. The third kappa shape index (κ3) is 2.88. The molecule has 0 aliphatic carbocycles. The van der Waals surface area contributed by atoms with Crippen LogP contribution >= 0.6 is 0 Å². The summed E-state index contributed by atoms with van der Waals surface area (Å²) >= 11 is 0. The largest absolute Gasteiger partial charge is 0.460 e. The van der Waals surface area contributed by atoms with Crippen LogP contribution in [0.3, 0.4) is 0 Å². The number of carbonyl (C=O) groups excluding carboxylic acids is 1. The van der Waals surface area contributed by atoms with Crippen molar-refractivity contribution in [2.24, 2.45) is 0 Å². The summed E-state index contributed by atoms with van der Waals surface area (Å²) in [5.41, 5.74) is 0.450. The molecule has 2 rings (SSSR count). The molecule has 17 heavy (non-hydrogen) atoms. The van der Waals surface area contributed by atoms with Crippen LogP contribution in [0.5, 0.6) is 11.5 Å². The fraction of sp³-hybridized carbons (Fsp3) is 0.417. The minimum atomic E-state index is -0.386. The van der Waals surface area contributed by atoms with E-state index < -0.39 is 0 Å². The van der Waals surface area contributed by atoms with Gasteiger partial charge in [0.25, 0.3) is 0 Å². The quantitative estimate of drug-likeness (QED) is 0.576. The molecule has 5 nitrogen and oxygen atoms in total. The van der Waals surface area contributed by atoms with Crippen LogP contribution in [0.1, 0.15) is 17.3 Å². The van der Waals surface area contributed by atoms with Gasteiger partial charge in [-0.05, 0) is 25.1 Å². The number of fused-ring (bicyclic) bond motifs is 1. The smallest absolute Gasteiger partial charge is 0.338 e. The second-order valence-electron chi connectivity index (χ2n) is 3.40. The Morgan fingerprint density at radius 3 is 2.94 bits per heavy atom. The van der Waals surface area contributed by atoms with Gasteiger partial charge in [-0.3, -0.25) is 0 Å². The number of rotatable bonds is 5. The molecule has 0 unspecified atom stereocenters. The second kappa shape index (κ2) is 5.54. The summed E-state index contributed by atoms with van der Waals surface area (Å²) < 4.78 is 20.4. The molecule has 5 heteroatoms. The lowest BCUT2D eigenvalue weighted by atomic mass is 10.2. The van der Waals surface area contributed by atoms with Crippen molar-refractivity contribution >= 4 is 5.97 Å². The Kier molecular flexibility index (Phi) is 3.82. The summed E-state index contributed by atoms with van der Waals surface area (Å²) in [7, 11) is 0. The Labute approximate surface area is 99.2 Å². The average molecular weight is 238 g/mol. The van der Waals surface area contributed by atoms with E-state index in [1.54, 1.807) is 18.2 Å². The molecule has 92 valence electrons. The van der Waals surface area contributed by atoms with E-state index in [4.69, 9.17) is 18.9 Å². The molecule has 0 spiro atoms. The van der Waals surface area contributed by atoms with Crippen LogP contribution in [0, 0.1) is 0 Å². The van der Waals surface area contributed by atoms with Crippen molar-refractivity contribution in [1.29, 1.82) is 0 Å². The van der Waals surface area contributed by atoms with Gasteiger partial charge in [0, 0.05) is 6.61 Å². The van der Waals surface area contributed by atoms with E-state index in [0.29, 0.717) is 30.3 Å². The number of esters is 1. The van der Waals surface area contributed by atoms with Gasteiger partial charge in [-0.1, -0.05) is 0 Å². The molecule has 0 atom stereocenters. The number of carbonyl (C=O) groups is 1. The first kappa shape index (κ1) is 11.7. The number of ether oxygens (including phenoxy) is 4. The van der Waals surface area contributed by atoms with Crippen LogP contribution in [0.4, 0.5) is 0 Å². The van der Waals surface area contributed by atoms with Crippen LogP contribution in [0.2, 0.25) is 0 Å². The molecule has 0 N–H and O–H groups in total. The maximum absolute atomic E-state index is 11.6. The predicted octanol–water partition coefficient (Wildman–Crippen LogP) is 1.61. The highest BCUT2D eigenvalue weighted by Crippen LogP contribution is 2.32. The fourth-order valence-electron chi connectivity index (χ4n) is 1.44. The topological polar surface area (TPSA) is 54.0 Å². The lowest BCUT2D eigenvalue weighted by Crippen LogP contribution is -2.10. The van der Waals surface area contributed by atoms with Crippen molar-refractivity contribution in [3.05, 3.63) is 23.8 Å². The zero-order valence-electron chi connectivity index (χ0n) is 9.60. The molecule has 0 saturated heterocycles. The molecule has 1 heterocycles. The maximum Gasteiger partial charge on any atom is 0.338 e. The molecule has 1 aromatic rings. The summed E-state index contributed by atoms with van der Waals surface area (Å²) in [6.45, 7) is 3.35. The predicted molar refractivity (Wildman–Crippen MR) is 59.3 cm³/mol. The summed E-state index contributed by atoms with van der Waals surface area (Å²) in [5, 5.41) is 0. The van der Waals surface area contributed by atoms with Crippen molar-refractivity contribution < 1.29 is 23.7 Å². The number of hydrogen-bond donors (Lipinski definition) is 0. The van der Waals surface area contributed by atoms with Gasteiger partial charge >= 0.3 is 5.97 Å². The standard InChI is InChI=1S/C12H14O5/c1-2-14-5-6-15-12(13)9-3-4-10-11(7-9)17-8-16-10/h3-4,7H,2,5-6,8H2,1H3. The number of benzene rings is 1. The Morgan fingerprint density at radius 1 is 1.29 bits per heavy atom. The highest BCUT2D eigenvalue weighted by molar-refractivity contribution is 5.90. The van der Waals surface area contributed by atoms with Gasteiger partial charge < -0.3 is 18.9 Å². The van der Waals surface area contributed by atoms with Gasteiger partial charge in [0.05, 0.1) is 12.2 Å². The first-order valence-electron chi connectivity index (χ1n) is 5.46. The van der Waals surface area contributed by atoms with Crippen LogP contribution in [0.15, 0.2) is 18.2 Å². The van der Waals surface area contributed by atoms with E-state index in [1.807, 2.05) is 6.92 Å². The van der Waals surface area contributed by atoms with E-state index >= 15 is 0 Å². The monoisotopic (exact) mass is 238 g/mol. The van der Waals surface area contributed by atoms with Crippen LogP contribution in [-0.2, 0) is 9.47 Å². The molecule has 0 aromatic heterocycles. The SMILES string of the molecule is CCOCCOC(=O)c1ccc2c(c1)OCO2. The van der Waals surface area contributed by atoms with E-state index in [2.05, 4.69) is 0 Å². The maximum atomic E-state index is 11.6. The van der Waals surface area contributed by atoms with Crippen molar-refractivity contribution in [3.63, 3.8) is 0 Å². The molecular formula is C12H14O5. The lowest BCUT2D eigenvalue weighted by Gasteiger charge is -2.05. The highest BCUT2D eigenvalue weighted by Gasteiger charge is 2.16. The van der Waals surface area contributed by atoms with Gasteiger partial charge in [-0.25, -0.2) is 4.79 Å².